The monoisotopic (exact) mass is 203 g/mol. The molecule has 0 amide bonds. The van der Waals surface area contributed by atoms with Crippen molar-refractivity contribution in [1.29, 1.82) is 0 Å². The van der Waals surface area contributed by atoms with Crippen molar-refractivity contribution in [2.75, 3.05) is 0 Å². The van der Waals surface area contributed by atoms with E-state index in [0.717, 1.165) is 17.0 Å². The van der Waals surface area contributed by atoms with E-state index >= 15 is 0 Å². The minimum absolute atomic E-state index is 0.491. The highest BCUT2D eigenvalue weighted by atomic mass is 15.4. The third kappa shape index (κ3) is 1.61. The normalized spacial score (nSPS) is 10.6. The van der Waals surface area contributed by atoms with Crippen molar-refractivity contribution in [3.63, 3.8) is 0 Å². The van der Waals surface area contributed by atoms with Crippen LogP contribution in [0.1, 0.15) is 17.0 Å². The molecular weight excluding hydrogens is 190 g/mol. The zero-order valence-corrected chi connectivity index (χ0v) is 8.81. The van der Waals surface area contributed by atoms with E-state index in [4.69, 9.17) is 5.73 Å². The summed E-state index contributed by atoms with van der Waals surface area (Å²) in [4.78, 5) is 8.29. The van der Waals surface area contributed by atoms with Gasteiger partial charge in [-0.05, 0) is 19.9 Å². The largest absolute Gasteiger partial charge is 0.326 e. The number of rotatable bonds is 2. The minimum atomic E-state index is 0.491. The van der Waals surface area contributed by atoms with Crippen molar-refractivity contribution >= 4 is 0 Å². The number of nitrogens with two attached hydrogens (primary N) is 1. The summed E-state index contributed by atoms with van der Waals surface area (Å²) in [6.07, 6.45) is 3.39. The Balaban J connectivity index is 2.55. The molecule has 2 rings (SSSR count). The van der Waals surface area contributed by atoms with Gasteiger partial charge in [-0.2, -0.15) is 5.10 Å². The third-order valence-corrected chi connectivity index (χ3v) is 2.39. The smallest absolute Gasteiger partial charge is 0.250 e. The Kier molecular flexibility index (Phi) is 2.47. The predicted octanol–water partition coefficient (Wildman–Crippen LogP) is 0.738. The van der Waals surface area contributed by atoms with E-state index in [9.17, 15) is 0 Å². The Morgan fingerprint density at radius 3 is 2.47 bits per heavy atom. The van der Waals surface area contributed by atoms with Gasteiger partial charge in [-0.1, -0.05) is 0 Å². The molecule has 0 unspecified atom stereocenters. The summed E-state index contributed by atoms with van der Waals surface area (Å²) >= 11 is 0. The van der Waals surface area contributed by atoms with Crippen LogP contribution in [-0.4, -0.2) is 19.7 Å². The first-order valence-electron chi connectivity index (χ1n) is 4.76. The van der Waals surface area contributed by atoms with Crippen LogP contribution in [0.25, 0.3) is 5.95 Å². The minimum Gasteiger partial charge on any atom is -0.326 e. The second kappa shape index (κ2) is 3.78. The fraction of sp³-hybridized carbons (Fsp3) is 0.300. The zero-order valence-electron chi connectivity index (χ0n) is 8.81. The van der Waals surface area contributed by atoms with Crippen LogP contribution in [0.15, 0.2) is 18.5 Å². The van der Waals surface area contributed by atoms with E-state index in [1.165, 1.54) is 0 Å². The van der Waals surface area contributed by atoms with Gasteiger partial charge >= 0.3 is 0 Å². The van der Waals surface area contributed by atoms with Gasteiger partial charge in [-0.3, -0.25) is 0 Å². The van der Waals surface area contributed by atoms with Gasteiger partial charge < -0.3 is 5.73 Å². The van der Waals surface area contributed by atoms with E-state index in [2.05, 4.69) is 15.1 Å². The van der Waals surface area contributed by atoms with Gasteiger partial charge in [0.2, 0.25) is 0 Å². The van der Waals surface area contributed by atoms with Crippen LogP contribution < -0.4 is 5.73 Å². The molecule has 2 aromatic heterocycles. The summed E-state index contributed by atoms with van der Waals surface area (Å²) in [7, 11) is 0. The Hall–Kier alpha value is -1.75. The van der Waals surface area contributed by atoms with Crippen LogP contribution in [0.5, 0.6) is 0 Å². The van der Waals surface area contributed by atoms with Crippen molar-refractivity contribution < 1.29 is 0 Å². The molecule has 0 aliphatic rings. The molecule has 5 heteroatoms. The lowest BCUT2D eigenvalue weighted by atomic mass is 10.2. The SMILES string of the molecule is Cc1nn(-c2ncccn2)c(C)c1CN. The second-order valence-corrected chi connectivity index (χ2v) is 3.31. The summed E-state index contributed by atoms with van der Waals surface area (Å²) < 4.78 is 1.72. The summed E-state index contributed by atoms with van der Waals surface area (Å²) in [5.74, 6) is 0.581. The number of aromatic nitrogens is 4. The fourth-order valence-electron chi connectivity index (χ4n) is 1.57. The maximum atomic E-state index is 5.65. The van der Waals surface area contributed by atoms with Gasteiger partial charge in [0.25, 0.3) is 5.95 Å². The van der Waals surface area contributed by atoms with Crippen LogP contribution >= 0.6 is 0 Å². The van der Waals surface area contributed by atoms with Crippen molar-refractivity contribution in [1.82, 2.24) is 19.7 Å². The molecule has 0 aliphatic heterocycles. The molecule has 2 aromatic rings. The van der Waals surface area contributed by atoms with Crippen LogP contribution in [0, 0.1) is 13.8 Å². The topological polar surface area (TPSA) is 69.6 Å². The van der Waals surface area contributed by atoms with Gasteiger partial charge in [0.05, 0.1) is 5.69 Å². The lowest BCUT2D eigenvalue weighted by molar-refractivity contribution is 0.772. The second-order valence-electron chi connectivity index (χ2n) is 3.31. The molecule has 15 heavy (non-hydrogen) atoms. The maximum Gasteiger partial charge on any atom is 0.250 e. The number of hydrogen-bond acceptors (Lipinski definition) is 4. The van der Waals surface area contributed by atoms with E-state index < -0.39 is 0 Å². The quantitative estimate of drug-likeness (QED) is 0.781. The molecule has 0 saturated carbocycles. The molecule has 0 saturated heterocycles. The Morgan fingerprint density at radius 1 is 1.27 bits per heavy atom. The summed E-state index contributed by atoms with van der Waals surface area (Å²) in [6, 6.07) is 1.78. The van der Waals surface area contributed by atoms with Crippen LogP contribution in [0.4, 0.5) is 0 Å². The van der Waals surface area contributed by atoms with Gasteiger partial charge in [0.1, 0.15) is 0 Å². The highest BCUT2D eigenvalue weighted by Crippen LogP contribution is 2.14. The molecule has 0 aromatic carbocycles. The van der Waals surface area contributed by atoms with Crippen LogP contribution in [0.2, 0.25) is 0 Å². The maximum absolute atomic E-state index is 5.65. The van der Waals surface area contributed by atoms with Gasteiger partial charge in [-0.25, -0.2) is 14.6 Å². The van der Waals surface area contributed by atoms with Crippen LogP contribution in [0.3, 0.4) is 0 Å². The first-order valence-corrected chi connectivity index (χ1v) is 4.76. The summed E-state index contributed by atoms with van der Waals surface area (Å²) in [6.45, 7) is 4.40. The van der Waals surface area contributed by atoms with Crippen molar-refractivity contribution in [3.05, 3.63) is 35.4 Å². The Labute approximate surface area is 88.0 Å². The number of nitrogens with zero attached hydrogens (tertiary/aromatic N) is 4. The highest BCUT2D eigenvalue weighted by molar-refractivity contribution is 5.28. The molecule has 0 aliphatic carbocycles. The average Bonchev–Trinajstić information content (AvgIpc) is 2.55. The lowest BCUT2D eigenvalue weighted by Gasteiger charge is -2.01. The first kappa shape index (κ1) is 9.79. The third-order valence-electron chi connectivity index (χ3n) is 2.39. The molecule has 0 radical (unpaired) electrons. The summed E-state index contributed by atoms with van der Waals surface area (Å²) in [5, 5.41) is 4.36. The van der Waals surface area contributed by atoms with Crippen molar-refractivity contribution in [3.8, 4) is 5.95 Å². The molecular formula is C10H13N5. The molecule has 0 fully saturated rings. The van der Waals surface area contributed by atoms with Crippen molar-refractivity contribution in [2.24, 2.45) is 5.73 Å². The molecule has 0 bridgehead atoms. The van der Waals surface area contributed by atoms with Gasteiger partial charge in [-0.15, -0.1) is 0 Å². The molecule has 0 spiro atoms. The predicted molar refractivity (Wildman–Crippen MR) is 56.5 cm³/mol. The molecule has 0 atom stereocenters. The summed E-state index contributed by atoms with van der Waals surface area (Å²) in [5.41, 5.74) is 8.64. The molecule has 2 heterocycles. The van der Waals surface area contributed by atoms with E-state index in [-0.39, 0.29) is 0 Å². The Morgan fingerprint density at radius 2 is 1.93 bits per heavy atom. The standard InChI is InChI=1S/C10H13N5/c1-7-9(6-11)8(2)15(14-7)10-12-4-3-5-13-10/h3-5H,6,11H2,1-2H3. The highest BCUT2D eigenvalue weighted by Gasteiger charge is 2.12. The number of aryl methyl sites for hydroxylation is 1. The van der Waals surface area contributed by atoms with Gasteiger partial charge in [0.15, 0.2) is 0 Å². The first-order chi connectivity index (χ1) is 7.24. The molecule has 2 N–H and O–H groups in total. The zero-order chi connectivity index (χ0) is 10.8. The number of hydrogen-bond donors (Lipinski definition) is 1. The van der Waals surface area contributed by atoms with Crippen LogP contribution in [-0.2, 0) is 6.54 Å². The van der Waals surface area contributed by atoms with E-state index in [1.54, 1.807) is 23.1 Å². The Bertz CT molecular complexity index is 460. The van der Waals surface area contributed by atoms with E-state index in [1.807, 2.05) is 13.8 Å². The van der Waals surface area contributed by atoms with Gasteiger partial charge in [0, 0.05) is 30.2 Å². The van der Waals surface area contributed by atoms with Crippen molar-refractivity contribution in [2.45, 2.75) is 20.4 Å². The molecule has 78 valence electrons. The lowest BCUT2D eigenvalue weighted by Crippen LogP contribution is -2.05. The van der Waals surface area contributed by atoms with E-state index in [0.29, 0.717) is 12.5 Å². The average molecular weight is 203 g/mol. The molecule has 5 nitrogen and oxygen atoms in total. The fourth-order valence-corrected chi connectivity index (χ4v) is 1.57.